The third-order valence-electron chi connectivity index (χ3n) is 4.08. The van der Waals surface area contributed by atoms with Crippen molar-refractivity contribution in [3.8, 4) is 0 Å². The largest absolute Gasteiger partial charge is 0.311 e. The van der Waals surface area contributed by atoms with Crippen molar-refractivity contribution in [2.45, 2.75) is 23.0 Å². The van der Waals surface area contributed by atoms with E-state index in [1.807, 2.05) is 38.1 Å². The van der Waals surface area contributed by atoms with Crippen LogP contribution >= 0.6 is 11.3 Å². The number of nitrogens with zero attached hydrogens (tertiary/aromatic N) is 1. The Labute approximate surface area is 157 Å². The highest BCUT2D eigenvalue weighted by Crippen LogP contribution is 2.29. The van der Waals surface area contributed by atoms with E-state index in [0.29, 0.717) is 4.88 Å². The summed E-state index contributed by atoms with van der Waals surface area (Å²) in [7, 11) is -1.93. The summed E-state index contributed by atoms with van der Waals surface area (Å²) in [6, 6.07) is 17.4. The van der Waals surface area contributed by atoms with Crippen LogP contribution in [-0.2, 0) is 9.84 Å². The Morgan fingerprint density at radius 3 is 2.27 bits per heavy atom. The van der Waals surface area contributed by atoms with E-state index in [2.05, 4.69) is 0 Å². The van der Waals surface area contributed by atoms with Gasteiger partial charge in [0.15, 0.2) is 0 Å². The van der Waals surface area contributed by atoms with Crippen LogP contribution in [0.15, 0.2) is 69.8 Å². The molecule has 0 spiro atoms. The lowest BCUT2D eigenvalue weighted by Crippen LogP contribution is -2.25. The standard InChI is InChI=1S/C20H19NO3S2/c1-14-7-9-17(10-8-14)26(23,24)19-12-11-18(25-19)20(22)21(3)16-6-4-5-15(2)13-16/h4-13H,1-3H3. The maximum Gasteiger partial charge on any atom is 0.268 e. The van der Waals surface area contributed by atoms with E-state index in [9.17, 15) is 13.2 Å². The molecule has 3 rings (SSSR count). The van der Waals surface area contributed by atoms with E-state index in [0.717, 1.165) is 28.2 Å². The third-order valence-corrected chi connectivity index (χ3v) is 7.42. The Morgan fingerprint density at radius 2 is 1.62 bits per heavy atom. The third kappa shape index (κ3) is 3.57. The molecule has 3 aromatic rings. The zero-order valence-corrected chi connectivity index (χ0v) is 16.4. The smallest absolute Gasteiger partial charge is 0.268 e. The molecule has 0 aliphatic heterocycles. The number of amides is 1. The Morgan fingerprint density at radius 1 is 0.923 bits per heavy atom. The first kappa shape index (κ1) is 18.4. The Bertz CT molecular complexity index is 1050. The van der Waals surface area contributed by atoms with Crippen LogP contribution in [0.25, 0.3) is 0 Å². The minimum Gasteiger partial charge on any atom is -0.311 e. The average Bonchev–Trinajstić information content (AvgIpc) is 3.12. The van der Waals surface area contributed by atoms with E-state index in [-0.39, 0.29) is 15.0 Å². The summed E-state index contributed by atoms with van der Waals surface area (Å²) in [4.78, 5) is 14.9. The molecule has 0 aliphatic rings. The van der Waals surface area contributed by atoms with Gasteiger partial charge in [-0.15, -0.1) is 11.3 Å². The summed E-state index contributed by atoms with van der Waals surface area (Å²) in [6.07, 6.45) is 0. The van der Waals surface area contributed by atoms with Crippen LogP contribution in [0.1, 0.15) is 20.8 Å². The fraction of sp³-hybridized carbons (Fsp3) is 0.150. The van der Waals surface area contributed by atoms with Crippen molar-refractivity contribution in [2.75, 3.05) is 11.9 Å². The summed E-state index contributed by atoms with van der Waals surface area (Å²) < 4.78 is 25.7. The van der Waals surface area contributed by atoms with Crippen LogP contribution < -0.4 is 4.90 Å². The molecule has 26 heavy (non-hydrogen) atoms. The molecule has 0 radical (unpaired) electrons. The van der Waals surface area contributed by atoms with Crippen LogP contribution in [0.4, 0.5) is 5.69 Å². The molecule has 0 atom stereocenters. The van der Waals surface area contributed by atoms with Gasteiger partial charge >= 0.3 is 0 Å². The maximum atomic E-state index is 12.8. The van der Waals surface area contributed by atoms with E-state index in [4.69, 9.17) is 0 Å². The average molecular weight is 386 g/mol. The highest BCUT2D eigenvalue weighted by Gasteiger charge is 2.23. The predicted octanol–water partition coefficient (Wildman–Crippen LogP) is 4.47. The van der Waals surface area contributed by atoms with Gasteiger partial charge in [-0.25, -0.2) is 8.42 Å². The first-order valence-electron chi connectivity index (χ1n) is 8.05. The summed E-state index contributed by atoms with van der Waals surface area (Å²) in [5.41, 5.74) is 2.81. The van der Waals surface area contributed by atoms with Crippen LogP contribution in [0.2, 0.25) is 0 Å². The van der Waals surface area contributed by atoms with Crippen molar-refractivity contribution in [1.29, 1.82) is 0 Å². The Kier molecular flexibility index (Phi) is 4.98. The summed E-state index contributed by atoms with van der Waals surface area (Å²) in [5, 5.41) is 0. The second-order valence-electron chi connectivity index (χ2n) is 6.14. The second kappa shape index (κ2) is 7.05. The van der Waals surface area contributed by atoms with Crippen molar-refractivity contribution < 1.29 is 13.2 Å². The number of aryl methyl sites for hydroxylation is 2. The van der Waals surface area contributed by atoms with E-state index >= 15 is 0 Å². The van der Waals surface area contributed by atoms with Crippen LogP contribution in [0.5, 0.6) is 0 Å². The fourth-order valence-electron chi connectivity index (χ4n) is 2.53. The number of sulfone groups is 1. The first-order valence-corrected chi connectivity index (χ1v) is 10.4. The van der Waals surface area contributed by atoms with Gasteiger partial charge in [-0.05, 0) is 55.8 Å². The lowest BCUT2D eigenvalue weighted by molar-refractivity contribution is 0.0997. The van der Waals surface area contributed by atoms with Crippen LogP contribution in [0.3, 0.4) is 0 Å². The molecule has 0 N–H and O–H groups in total. The molecule has 0 unspecified atom stereocenters. The molecule has 0 fully saturated rings. The number of benzene rings is 2. The van der Waals surface area contributed by atoms with Gasteiger partial charge in [0.2, 0.25) is 9.84 Å². The van der Waals surface area contributed by atoms with Crippen LogP contribution in [0, 0.1) is 13.8 Å². The zero-order chi connectivity index (χ0) is 18.9. The number of anilines is 1. The predicted molar refractivity (Wildman–Crippen MR) is 105 cm³/mol. The molecule has 6 heteroatoms. The number of carbonyl (C=O) groups excluding carboxylic acids is 1. The number of thiophene rings is 1. The molecular formula is C20H19NO3S2. The fourth-order valence-corrected chi connectivity index (χ4v) is 5.22. The summed E-state index contributed by atoms with van der Waals surface area (Å²) in [6.45, 7) is 3.86. The maximum absolute atomic E-state index is 12.8. The van der Waals surface area contributed by atoms with E-state index in [1.54, 1.807) is 37.4 Å². The molecule has 0 bridgehead atoms. The van der Waals surface area contributed by atoms with Gasteiger partial charge in [0, 0.05) is 12.7 Å². The van der Waals surface area contributed by atoms with Crippen LogP contribution in [-0.4, -0.2) is 21.4 Å². The lowest BCUT2D eigenvalue weighted by Gasteiger charge is -2.16. The lowest BCUT2D eigenvalue weighted by atomic mass is 10.2. The monoisotopic (exact) mass is 385 g/mol. The molecule has 1 heterocycles. The van der Waals surface area contributed by atoms with Gasteiger partial charge < -0.3 is 4.90 Å². The first-order chi connectivity index (χ1) is 12.3. The normalized spacial score (nSPS) is 11.3. The minimum atomic E-state index is -3.62. The summed E-state index contributed by atoms with van der Waals surface area (Å²) in [5.74, 6) is -0.231. The molecule has 2 aromatic carbocycles. The minimum absolute atomic E-state index is 0.169. The molecule has 0 saturated carbocycles. The Balaban J connectivity index is 1.89. The van der Waals surface area contributed by atoms with Crippen molar-refractivity contribution >= 4 is 32.8 Å². The number of carbonyl (C=O) groups is 1. The van der Waals surface area contributed by atoms with Gasteiger partial charge in [0.1, 0.15) is 4.21 Å². The topological polar surface area (TPSA) is 54.5 Å². The molecular weight excluding hydrogens is 366 g/mol. The molecule has 134 valence electrons. The molecule has 0 saturated heterocycles. The highest BCUT2D eigenvalue weighted by atomic mass is 32.2. The van der Waals surface area contributed by atoms with Gasteiger partial charge in [-0.2, -0.15) is 0 Å². The van der Waals surface area contributed by atoms with Crippen molar-refractivity contribution in [3.63, 3.8) is 0 Å². The van der Waals surface area contributed by atoms with Crippen molar-refractivity contribution in [3.05, 3.63) is 76.7 Å². The van der Waals surface area contributed by atoms with Gasteiger partial charge in [0.25, 0.3) is 5.91 Å². The molecule has 1 amide bonds. The Hall–Kier alpha value is -2.44. The van der Waals surface area contributed by atoms with Gasteiger partial charge in [0.05, 0.1) is 9.77 Å². The SMILES string of the molecule is Cc1ccc(S(=O)(=O)c2ccc(C(=O)N(C)c3cccc(C)c3)s2)cc1. The highest BCUT2D eigenvalue weighted by molar-refractivity contribution is 7.93. The van der Waals surface area contributed by atoms with Gasteiger partial charge in [-0.3, -0.25) is 4.79 Å². The van der Waals surface area contributed by atoms with E-state index < -0.39 is 9.84 Å². The van der Waals surface area contributed by atoms with Crippen molar-refractivity contribution in [1.82, 2.24) is 0 Å². The summed E-state index contributed by atoms with van der Waals surface area (Å²) >= 11 is 0.995. The zero-order valence-electron chi connectivity index (χ0n) is 14.8. The molecule has 1 aromatic heterocycles. The number of hydrogen-bond donors (Lipinski definition) is 0. The molecule has 4 nitrogen and oxygen atoms in total. The van der Waals surface area contributed by atoms with E-state index in [1.165, 1.54) is 11.0 Å². The molecule has 0 aliphatic carbocycles. The quantitative estimate of drug-likeness (QED) is 0.666. The van der Waals surface area contributed by atoms with Crippen molar-refractivity contribution in [2.24, 2.45) is 0 Å². The number of rotatable bonds is 4. The second-order valence-corrected chi connectivity index (χ2v) is 9.40. The number of hydrogen-bond acceptors (Lipinski definition) is 4. The van der Waals surface area contributed by atoms with Gasteiger partial charge in [-0.1, -0.05) is 29.8 Å².